The first kappa shape index (κ1) is 15.2. The first-order chi connectivity index (χ1) is 7.47. The third-order valence-electron chi connectivity index (χ3n) is 2.76. The Morgan fingerprint density at radius 2 is 2.12 bits per heavy atom. The van der Waals surface area contributed by atoms with E-state index in [9.17, 15) is 9.90 Å². The molecule has 1 amide bonds. The highest BCUT2D eigenvalue weighted by Gasteiger charge is 2.24. The van der Waals surface area contributed by atoms with E-state index < -0.39 is 6.09 Å². The van der Waals surface area contributed by atoms with Crippen molar-refractivity contribution in [1.29, 1.82) is 0 Å². The van der Waals surface area contributed by atoms with E-state index in [0.29, 0.717) is 0 Å². The van der Waals surface area contributed by atoms with Crippen molar-refractivity contribution in [3.63, 3.8) is 0 Å². The van der Waals surface area contributed by atoms with Gasteiger partial charge in [-0.2, -0.15) is 0 Å². The van der Waals surface area contributed by atoms with E-state index in [0.717, 1.165) is 19.3 Å². The van der Waals surface area contributed by atoms with Crippen molar-refractivity contribution in [2.45, 2.75) is 53.0 Å². The number of hydrogen-bond donors (Lipinski definition) is 2. The number of rotatable bonds is 7. The molecule has 0 aromatic rings. The van der Waals surface area contributed by atoms with Gasteiger partial charge in [-0.3, -0.25) is 0 Å². The molecule has 0 aliphatic heterocycles. The van der Waals surface area contributed by atoms with Crippen molar-refractivity contribution in [3.05, 3.63) is 0 Å². The lowest BCUT2D eigenvalue weighted by Gasteiger charge is -2.26. The number of aliphatic hydroxyl groups is 1. The lowest BCUT2D eigenvalue weighted by molar-refractivity contribution is 0.0424. The van der Waals surface area contributed by atoms with Crippen LogP contribution >= 0.6 is 0 Å². The Morgan fingerprint density at radius 1 is 1.50 bits per heavy atom. The fraction of sp³-hybridized carbons (Fsp3) is 0.917. The number of carbonyl (C=O) groups is 1. The maximum Gasteiger partial charge on any atom is 0.407 e. The van der Waals surface area contributed by atoms with Crippen LogP contribution in [0.1, 0.15) is 47.0 Å². The van der Waals surface area contributed by atoms with Crippen LogP contribution in [0.5, 0.6) is 0 Å². The summed E-state index contributed by atoms with van der Waals surface area (Å²) in [5.41, 5.74) is -0.318. The molecule has 0 aliphatic rings. The monoisotopic (exact) mass is 231 g/mol. The fourth-order valence-electron chi connectivity index (χ4n) is 1.39. The van der Waals surface area contributed by atoms with Crippen molar-refractivity contribution < 1.29 is 14.6 Å². The van der Waals surface area contributed by atoms with Crippen LogP contribution in [0, 0.1) is 5.41 Å². The molecule has 0 spiro atoms. The average Bonchev–Trinajstić information content (AvgIpc) is 2.26. The van der Waals surface area contributed by atoms with Gasteiger partial charge in [-0.25, -0.2) is 4.79 Å². The summed E-state index contributed by atoms with van der Waals surface area (Å²) in [4.78, 5) is 11.4. The minimum Gasteiger partial charge on any atom is -0.449 e. The molecule has 0 heterocycles. The molecule has 0 aromatic carbocycles. The molecular weight excluding hydrogens is 206 g/mol. The second-order valence-electron chi connectivity index (χ2n) is 4.75. The summed E-state index contributed by atoms with van der Waals surface area (Å²) in [6.07, 6.45) is 2.29. The SMILES string of the molecule is CCCC(C)(CO)COC(=O)NC(C)CC. The second kappa shape index (κ2) is 7.49. The Hall–Kier alpha value is -0.770. The van der Waals surface area contributed by atoms with Crippen molar-refractivity contribution in [3.8, 4) is 0 Å². The Labute approximate surface area is 98.4 Å². The lowest BCUT2D eigenvalue weighted by atomic mass is 9.88. The summed E-state index contributed by atoms with van der Waals surface area (Å²) < 4.78 is 5.11. The topological polar surface area (TPSA) is 58.6 Å². The van der Waals surface area contributed by atoms with E-state index >= 15 is 0 Å². The Bertz CT molecular complexity index is 208. The van der Waals surface area contributed by atoms with Crippen LogP contribution in [0.3, 0.4) is 0 Å². The smallest absolute Gasteiger partial charge is 0.407 e. The van der Waals surface area contributed by atoms with Crippen LogP contribution in [-0.2, 0) is 4.74 Å². The van der Waals surface area contributed by atoms with E-state index in [4.69, 9.17) is 4.74 Å². The molecule has 4 nitrogen and oxygen atoms in total. The molecule has 0 saturated heterocycles. The summed E-state index contributed by atoms with van der Waals surface area (Å²) in [5, 5.41) is 12.0. The van der Waals surface area contributed by atoms with E-state index in [2.05, 4.69) is 5.32 Å². The number of aliphatic hydroxyl groups excluding tert-OH is 1. The number of carbonyl (C=O) groups excluding carboxylic acids is 1. The van der Waals surface area contributed by atoms with Crippen molar-refractivity contribution in [1.82, 2.24) is 5.32 Å². The summed E-state index contributed by atoms with van der Waals surface area (Å²) in [6, 6.07) is 0.124. The molecule has 0 radical (unpaired) electrons. The van der Waals surface area contributed by atoms with E-state index in [1.54, 1.807) is 0 Å². The summed E-state index contributed by atoms with van der Waals surface area (Å²) >= 11 is 0. The lowest BCUT2D eigenvalue weighted by Crippen LogP contribution is -2.36. The third-order valence-corrected chi connectivity index (χ3v) is 2.76. The average molecular weight is 231 g/mol. The molecule has 16 heavy (non-hydrogen) atoms. The Kier molecular flexibility index (Phi) is 7.13. The normalized spacial score (nSPS) is 16.3. The van der Waals surface area contributed by atoms with Crippen LogP contribution in [-0.4, -0.2) is 30.5 Å². The molecular formula is C12H25NO3. The minimum absolute atomic E-state index is 0.0391. The number of hydrogen-bond acceptors (Lipinski definition) is 3. The molecule has 0 fully saturated rings. The van der Waals surface area contributed by atoms with Crippen LogP contribution in [0.4, 0.5) is 4.79 Å². The quantitative estimate of drug-likeness (QED) is 0.707. The zero-order chi connectivity index (χ0) is 12.6. The van der Waals surface area contributed by atoms with Gasteiger partial charge >= 0.3 is 6.09 Å². The van der Waals surface area contributed by atoms with Gasteiger partial charge in [-0.15, -0.1) is 0 Å². The zero-order valence-electron chi connectivity index (χ0n) is 10.9. The first-order valence-electron chi connectivity index (χ1n) is 6.01. The van der Waals surface area contributed by atoms with E-state index in [1.165, 1.54) is 0 Å². The van der Waals surface area contributed by atoms with Gasteiger partial charge in [0.2, 0.25) is 0 Å². The number of amides is 1. The van der Waals surface area contributed by atoms with Crippen LogP contribution < -0.4 is 5.32 Å². The van der Waals surface area contributed by atoms with E-state index in [1.807, 2.05) is 27.7 Å². The van der Waals surface area contributed by atoms with Gasteiger partial charge in [0, 0.05) is 11.5 Å². The van der Waals surface area contributed by atoms with Crippen LogP contribution in [0.15, 0.2) is 0 Å². The maximum absolute atomic E-state index is 11.4. The van der Waals surface area contributed by atoms with Crippen LogP contribution in [0.2, 0.25) is 0 Å². The molecule has 2 unspecified atom stereocenters. The zero-order valence-corrected chi connectivity index (χ0v) is 10.9. The molecule has 0 rings (SSSR count). The molecule has 96 valence electrons. The minimum atomic E-state index is -0.398. The van der Waals surface area contributed by atoms with Crippen molar-refractivity contribution in [2.24, 2.45) is 5.41 Å². The van der Waals surface area contributed by atoms with Gasteiger partial charge < -0.3 is 15.2 Å². The highest BCUT2D eigenvalue weighted by molar-refractivity contribution is 5.67. The molecule has 2 atom stereocenters. The van der Waals surface area contributed by atoms with Gasteiger partial charge in [0.1, 0.15) is 6.61 Å². The standard InChI is InChI=1S/C12H25NO3/c1-5-7-12(4,8-14)9-16-11(15)13-10(3)6-2/h10,14H,5-9H2,1-4H3,(H,13,15). The molecule has 0 bridgehead atoms. The van der Waals surface area contributed by atoms with Gasteiger partial charge in [0.25, 0.3) is 0 Å². The highest BCUT2D eigenvalue weighted by atomic mass is 16.5. The van der Waals surface area contributed by atoms with E-state index in [-0.39, 0.29) is 24.7 Å². The van der Waals surface area contributed by atoms with Gasteiger partial charge in [-0.1, -0.05) is 27.2 Å². The van der Waals surface area contributed by atoms with Crippen molar-refractivity contribution in [2.75, 3.05) is 13.2 Å². The largest absolute Gasteiger partial charge is 0.449 e. The molecule has 4 heteroatoms. The molecule has 0 aliphatic carbocycles. The summed E-state index contributed by atoms with van der Waals surface area (Å²) in [7, 11) is 0. The van der Waals surface area contributed by atoms with Gasteiger partial charge in [0.05, 0.1) is 6.61 Å². The van der Waals surface area contributed by atoms with Crippen molar-refractivity contribution >= 4 is 6.09 Å². The number of alkyl carbamates (subject to hydrolysis) is 1. The first-order valence-corrected chi connectivity index (χ1v) is 6.01. The Balaban J connectivity index is 3.97. The second-order valence-corrected chi connectivity index (χ2v) is 4.75. The summed E-state index contributed by atoms with van der Waals surface area (Å²) in [5.74, 6) is 0. The molecule has 0 saturated carbocycles. The number of ether oxygens (including phenoxy) is 1. The Morgan fingerprint density at radius 3 is 2.56 bits per heavy atom. The van der Waals surface area contributed by atoms with Gasteiger partial charge in [-0.05, 0) is 19.8 Å². The third kappa shape index (κ3) is 5.95. The highest BCUT2D eigenvalue weighted by Crippen LogP contribution is 2.22. The molecule has 0 aromatic heterocycles. The number of nitrogens with one attached hydrogen (secondary N) is 1. The molecule has 2 N–H and O–H groups in total. The predicted octanol–water partition coefficient (Wildman–Crippen LogP) is 2.31. The summed E-state index contributed by atoms with van der Waals surface area (Å²) in [6.45, 7) is 8.20. The van der Waals surface area contributed by atoms with Gasteiger partial charge in [0.15, 0.2) is 0 Å². The van der Waals surface area contributed by atoms with Crippen LogP contribution in [0.25, 0.3) is 0 Å². The maximum atomic E-state index is 11.4. The fourth-order valence-corrected chi connectivity index (χ4v) is 1.39. The predicted molar refractivity (Wildman–Crippen MR) is 64.3 cm³/mol.